The monoisotopic (exact) mass is 464 g/mol. The number of carbonyl (C=O) groups excluding carboxylic acids is 1. The van der Waals surface area contributed by atoms with Gasteiger partial charge in [-0.05, 0) is 50.6 Å². The molecule has 1 aliphatic rings. The van der Waals surface area contributed by atoms with Gasteiger partial charge in [0.2, 0.25) is 5.78 Å². The van der Waals surface area contributed by atoms with Crippen LogP contribution in [0.4, 0.5) is 0 Å². The molecule has 1 atom stereocenters. The quantitative estimate of drug-likeness (QED) is 0.283. The number of carbonyl (C=O) groups is 1. The summed E-state index contributed by atoms with van der Waals surface area (Å²) >= 11 is 0. The molecule has 5 rings (SSSR count). The van der Waals surface area contributed by atoms with Gasteiger partial charge in [0.15, 0.2) is 0 Å². The lowest BCUT2D eigenvalue weighted by Crippen LogP contribution is -2.58. The number of methoxy groups -OCH3 is 1. The first kappa shape index (κ1) is 23.5. The van der Waals surface area contributed by atoms with E-state index in [2.05, 4.69) is 64.6 Å². The number of rotatable bonds is 5. The van der Waals surface area contributed by atoms with Crippen LogP contribution in [0, 0.1) is 11.8 Å². The second-order valence-electron chi connectivity index (χ2n) is 10.1. The third-order valence-electron chi connectivity index (χ3n) is 7.70. The van der Waals surface area contributed by atoms with Gasteiger partial charge in [-0.25, -0.2) is 0 Å². The molecule has 4 aromatic rings. The van der Waals surface area contributed by atoms with Crippen molar-refractivity contribution in [1.82, 2.24) is 0 Å². The Hall–Kier alpha value is -3.27. The van der Waals surface area contributed by atoms with Gasteiger partial charge >= 0.3 is 0 Å². The van der Waals surface area contributed by atoms with Crippen LogP contribution in [0.25, 0.3) is 27.1 Å². The zero-order valence-corrected chi connectivity index (χ0v) is 21.1. The normalized spacial score (nSPS) is 19.5. The van der Waals surface area contributed by atoms with Crippen molar-refractivity contribution in [2.45, 2.75) is 39.1 Å². The Balaban J connectivity index is 1.81. The zero-order valence-electron chi connectivity index (χ0n) is 21.1. The third kappa shape index (κ3) is 3.22. The molecule has 178 valence electrons. The lowest BCUT2D eigenvalue weighted by molar-refractivity contribution is -0.255. The Kier molecular flexibility index (Phi) is 5.66. The third-order valence-corrected chi connectivity index (χ3v) is 7.70. The van der Waals surface area contributed by atoms with Crippen molar-refractivity contribution < 1.29 is 14.3 Å². The minimum atomic E-state index is -1.64. The summed E-state index contributed by atoms with van der Waals surface area (Å²) < 4.78 is 13.1. The van der Waals surface area contributed by atoms with E-state index in [1.807, 2.05) is 48.5 Å². The Labute approximate surface area is 207 Å². The molecule has 0 N–H and O–H groups in total. The maximum atomic E-state index is 14.2. The van der Waals surface area contributed by atoms with Gasteiger partial charge in [-0.3, -0.25) is 4.79 Å². The van der Waals surface area contributed by atoms with E-state index in [0.29, 0.717) is 11.1 Å². The lowest BCUT2D eigenvalue weighted by Gasteiger charge is -2.52. The fourth-order valence-electron chi connectivity index (χ4n) is 6.00. The topological polar surface area (TPSA) is 35.5 Å². The molecular weight excluding hydrogens is 432 g/mol. The molecule has 35 heavy (non-hydrogen) atoms. The van der Waals surface area contributed by atoms with Crippen molar-refractivity contribution >= 4 is 32.9 Å². The number of Topliss-reactive ketones (excluding diaryl/α,β-unsaturated/α-hetero) is 1. The first-order valence-electron chi connectivity index (χ1n) is 12.3. The van der Waals surface area contributed by atoms with Gasteiger partial charge in [0.1, 0.15) is 5.60 Å². The summed E-state index contributed by atoms with van der Waals surface area (Å²) in [4.78, 5) is 14.2. The Morgan fingerprint density at radius 2 is 1.40 bits per heavy atom. The van der Waals surface area contributed by atoms with E-state index in [4.69, 9.17) is 9.47 Å². The van der Waals surface area contributed by atoms with Crippen LogP contribution in [-0.2, 0) is 15.1 Å². The lowest BCUT2D eigenvalue weighted by atomic mass is 9.69. The van der Waals surface area contributed by atoms with Crippen molar-refractivity contribution in [1.29, 1.82) is 0 Å². The van der Waals surface area contributed by atoms with Crippen LogP contribution in [0.15, 0.2) is 85.4 Å². The van der Waals surface area contributed by atoms with Gasteiger partial charge in [-0.1, -0.05) is 107 Å². The van der Waals surface area contributed by atoms with E-state index in [-0.39, 0.29) is 17.6 Å². The number of ether oxygens (including phenoxy) is 2. The highest BCUT2D eigenvalue weighted by atomic mass is 16.7. The molecule has 1 unspecified atom stereocenters. The summed E-state index contributed by atoms with van der Waals surface area (Å²) in [5.41, 5.74) is 2.20. The molecule has 1 aliphatic heterocycles. The molecule has 3 heteroatoms. The van der Waals surface area contributed by atoms with Crippen molar-refractivity contribution in [2.24, 2.45) is 11.8 Å². The number of hydrogen-bond donors (Lipinski definition) is 0. The van der Waals surface area contributed by atoms with Crippen molar-refractivity contribution in [2.75, 3.05) is 7.11 Å². The van der Waals surface area contributed by atoms with E-state index in [1.54, 1.807) is 7.11 Å². The predicted molar refractivity (Wildman–Crippen MR) is 143 cm³/mol. The average molecular weight is 465 g/mol. The van der Waals surface area contributed by atoms with E-state index in [0.717, 1.165) is 32.7 Å². The molecule has 0 bridgehead atoms. The molecule has 1 heterocycles. The number of hydrogen-bond acceptors (Lipinski definition) is 3. The summed E-state index contributed by atoms with van der Waals surface area (Å²) in [5.74, 6) is -1.68. The first-order chi connectivity index (χ1) is 16.8. The number of ketones is 1. The van der Waals surface area contributed by atoms with Gasteiger partial charge in [0.25, 0.3) is 5.79 Å². The fraction of sp³-hybridized carbons (Fsp3) is 0.281. The van der Waals surface area contributed by atoms with Crippen molar-refractivity contribution in [3.8, 4) is 0 Å². The van der Waals surface area contributed by atoms with Crippen LogP contribution in [0.2, 0.25) is 0 Å². The Morgan fingerprint density at radius 1 is 0.829 bits per heavy atom. The molecule has 3 nitrogen and oxygen atoms in total. The van der Waals surface area contributed by atoms with E-state index in [9.17, 15) is 4.79 Å². The number of benzene rings is 4. The minimum absolute atomic E-state index is 0.0902. The summed E-state index contributed by atoms with van der Waals surface area (Å²) in [5, 5.41) is 4.36. The van der Waals surface area contributed by atoms with Crippen LogP contribution in [0.3, 0.4) is 0 Å². The van der Waals surface area contributed by atoms with E-state index in [1.165, 1.54) is 0 Å². The van der Waals surface area contributed by atoms with Crippen molar-refractivity contribution in [3.63, 3.8) is 0 Å². The molecule has 0 amide bonds. The van der Waals surface area contributed by atoms with E-state index < -0.39 is 11.4 Å². The summed E-state index contributed by atoms with van der Waals surface area (Å²) in [7, 11) is 1.55. The van der Waals surface area contributed by atoms with Crippen LogP contribution in [0.5, 0.6) is 0 Å². The smallest absolute Gasteiger partial charge is 0.261 e. The molecule has 0 aliphatic carbocycles. The van der Waals surface area contributed by atoms with Gasteiger partial charge in [0.05, 0.1) is 0 Å². The summed E-state index contributed by atoms with van der Waals surface area (Å²) in [6.45, 7) is 13.0. The highest BCUT2D eigenvalue weighted by Crippen LogP contribution is 2.53. The van der Waals surface area contributed by atoms with Crippen LogP contribution >= 0.6 is 0 Å². The fourth-order valence-corrected chi connectivity index (χ4v) is 6.00. The maximum Gasteiger partial charge on any atom is 0.261 e. The highest BCUT2D eigenvalue weighted by Gasteiger charge is 2.58. The molecule has 0 spiro atoms. The average Bonchev–Trinajstić information content (AvgIpc) is 2.88. The molecule has 0 aromatic heterocycles. The molecular formula is C32H32O3. The number of fused-ring (bicyclic) bond motifs is 4. The minimum Gasteiger partial charge on any atom is -0.343 e. The SMILES string of the molecule is C=C(c1cc2ccccc2c2ccccc12)C1(OC)OC(C(C)C)(C(C)C)c2ccccc2C1=O. The summed E-state index contributed by atoms with van der Waals surface area (Å²) in [6.07, 6.45) is 0. The van der Waals surface area contributed by atoms with E-state index >= 15 is 0 Å². The second-order valence-corrected chi connectivity index (χ2v) is 10.1. The van der Waals surface area contributed by atoms with Gasteiger partial charge < -0.3 is 9.47 Å². The largest absolute Gasteiger partial charge is 0.343 e. The van der Waals surface area contributed by atoms with Gasteiger partial charge in [0, 0.05) is 18.2 Å². The highest BCUT2D eigenvalue weighted by molar-refractivity contribution is 6.17. The van der Waals surface area contributed by atoms with Gasteiger partial charge in [-0.15, -0.1) is 0 Å². The molecule has 0 saturated heterocycles. The van der Waals surface area contributed by atoms with Gasteiger partial charge in [-0.2, -0.15) is 0 Å². The standard InChI is InChI=1S/C32H32O3/c1-20(2)31(21(3)4)29-18-12-11-17-27(29)30(33)32(34-6,35-31)22(5)28-19-23-13-7-8-14-24(23)25-15-9-10-16-26(25)28/h7-21H,5H2,1-4,6H3. The Morgan fingerprint density at radius 3 is 2.06 bits per heavy atom. The maximum absolute atomic E-state index is 14.2. The van der Waals surface area contributed by atoms with Crippen LogP contribution < -0.4 is 0 Å². The van der Waals surface area contributed by atoms with Crippen molar-refractivity contribution in [3.05, 3.63) is 102 Å². The predicted octanol–water partition coefficient (Wildman–Crippen LogP) is 7.77. The Bertz CT molecular complexity index is 1450. The molecule has 4 aromatic carbocycles. The van der Waals surface area contributed by atoms with Crippen LogP contribution in [0.1, 0.15) is 49.2 Å². The van der Waals surface area contributed by atoms with Crippen LogP contribution in [-0.4, -0.2) is 18.7 Å². The zero-order chi connectivity index (χ0) is 25.0. The summed E-state index contributed by atoms with van der Waals surface area (Å²) in [6, 6.07) is 26.4. The first-order valence-corrected chi connectivity index (χ1v) is 12.3. The molecule has 0 radical (unpaired) electrons. The second kappa shape index (κ2) is 8.44. The molecule has 0 saturated carbocycles. The molecule has 0 fully saturated rings.